The number of phenolic OH excluding ortho intramolecular Hbond substituents is 1. The molecule has 0 spiro atoms. The molecule has 1 aliphatic carbocycles. The van der Waals surface area contributed by atoms with Gasteiger partial charge in [-0.1, -0.05) is 43.3 Å². The van der Waals surface area contributed by atoms with Crippen LogP contribution in [0.15, 0.2) is 48.5 Å². The van der Waals surface area contributed by atoms with E-state index in [1.54, 1.807) is 12.1 Å². The second-order valence-electron chi connectivity index (χ2n) is 5.39. The van der Waals surface area contributed by atoms with E-state index < -0.39 is 0 Å². The maximum absolute atomic E-state index is 9.43. The zero-order valence-corrected chi connectivity index (χ0v) is 10.7. The SMILES string of the molecule is CC1(c2ccc(O)cc2)CCCc2ccccc21. The van der Waals surface area contributed by atoms with Crippen molar-refractivity contribution in [3.8, 4) is 5.75 Å². The van der Waals surface area contributed by atoms with Gasteiger partial charge in [-0.25, -0.2) is 0 Å². The Bertz CT molecular complexity index is 556. The predicted molar refractivity (Wildman–Crippen MR) is 73.9 cm³/mol. The van der Waals surface area contributed by atoms with Gasteiger partial charge in [0.25, 0.3) is 0 Å². The molecule has 1 N–H and O–H groups in total. The zero-order chi connectivity index (χ0) is 12.6. The number of hydrogen-bond acceptors (Lipinski definition) is 1. The summed E-state index contributed by atoms with van der Waals surface area (Å²) in [5.74, 6) is 0.339. The summed E-state index contributed by atoms with van der Waals surface area (Å²) in [6, 6.07) is 16.4. The average molecular weight is 238 g/mol. The maximum Gasteiger partial charge on any atom is 0.115 e. The van der Waals surface area contributed by atoms with Gasteiger partial charge in [0, 0.05) is 5.41 Å². The van der Waals surface area contributed by atoms with Gasteiger partial charge in [0.1, 0.15) is 5.75 Å². The van der Waals surface area contributed by atoms with Crippen LogP contribution in [-0.2, 0) is 11.8 Å². The second-order valence-corrected chi connectivity index (χ2v) is 5.39. The van der Waals surface area contributed by atoms with Crippen molar-refractivity contribution in [1.82, 2.24) is 0 Å². The van der Waals surface area contributed by atoms with E-state index in [-0.39, 0.29) is 5.41 Å². The lowest BCUT2D eigenvalue weighted by molar-refractivity contribution is 0.459. The van der Waals surface area contributed by atoms with E-state index in [2.05, 4.69) is 43.3 Å². The van der Waals surface area contributed by atoms with E-state index in [1.165, 1.54) is 36.0 Å². The molecule has 1 nitrogen and oxygen atoms in total. The first-order valence-corrected chi connectivity index (χ1v) is 6.58. The molecule has 0 saturated carbocycles. The fourth-order valence-corrected chi connectivity index (χ4v) is 3.17. The van der Waals surface area contributed by atoms with Crippen LogP contribution in [0.2, 0.25) is 0 Å². The quantitative estimate of drug-likeness (QED) is 0.795. The van der Waals surface area contributed by atoms with E-state index in [0.29, 0.717) is 5.75 Å². The molecule has 0 aliphatic heterocycles. The highest BCUT2D eigenvalue weighted by Crippen LogP contribution is 2.42. The summed E-state index contributed by atoms with van der Waals surface area (Å²) < 4.78 is 0. The summed E-state index contributed by atoms with van der Waals surface area (Å²) >= 11 is 0. The number of fused-ring (bicyclic) bond motifs is 1. The van der Waals surface area contributed by atoms with E-state index >= 15 is 0 Å². The number of aromatic hydroxyl groups is 1. The molecule has 0 aromatic heterocycles. The summed E-state index contributed by atoms with van der Waals surface area (Å²) in [4.78, 5) is 0. The van der Waals surface area contributed by atoms with Gasteiger partial charge in [0.15, 0.2) is 0 Å². The van der Waals surface area contributed by atoms with Gasteiger partial charge in [-0.2, -0.15) is 0 Å². The second kappa shape index (κ2) is 4.16. The molecule has 0 amide bonds. The minimum atomic E-state index is 0.0859. The molecule has 0 fully saturated rings. The van der Waals surface area contributed by atoms with Crippen molar-refractivity contribution in [2.45, 2.75) is 31.6 Å². The molecule has 0 heterocycles. The zero-order valence-electron chi connectivity index (χ0n) is 10.7. The van der Waals surface area contributed by atoms with E-state index in [4.69, 9.17) is 0 Å². The molecule has 1 heteroatoms. The van der Waals surface area contributed by atoms with Gasteiger partial charge >= 0.3 is 0 Å². The van der Waals surface area contributed by atoms with Crippen molar-refractivity contribution >= 4 is 0 Å². The molecule has 1 aliphatic rings. The van der Waals surface area contributed by atoms with Crippen LogP contribution in [0.1, 0.15) is 36.5 Å². The third-order valence-electron chi connectivity index (χ3n) is 4.24. The summed E-state index contributed by atoms with van der Waals surface area (Å²) in [6.45, 7) is 2.32. The third-order valence-corrected chi connectivity index (χ3v) is 4.24. The predicted octanol–water partition coefficient (Wildman–Crippen LogP) is 4.03. The molecular formula is C17H18O. The van der Waals surface area contributed by atoms with Crippen molar-refractivity contribution in [2.24, 2.45) is 0 Å². The first kappa shape index (κ1) is 11.3. The van der Waals surface area contributed by atoms with E-state index in [0.717, 1.165) is 0 Å². The summed E-state index contributed by atoms with van der Waals surface area (Å²) in [5, 5.41) is 9.43. The fraction of sp³-hybridized carbons (Fsp3) is 0.294. The Morgan fingerprint density at radius 2 is 1.72 bits per heavy atom. The molecule has 18 heavy (non-hydrogen) atoms. The average Bonchev–Trinajstić information content (AvgIpc) is 2.40. The number of benzene rings is 2. The largest absolute Gasteiger partial charge is 0.508 e. The van der Waals surface area contributed by atoms with E-state index in [1.807, 2.05) is 0 Å². The molecule has 2 aromatic carbocycles. The van der Waals surface area contributed by atoms with Crippen LogP contribution in [0, 0.1) is 0 Å². The van der Waals surface area contributed by atoms with Crippen LogP contribution >= 0.6 is 0 Å². The Kier molecular flexibility index (Phi) is 2.62. The van der Waals surface area contributed by atoms with Gasteiger partial charge in [-0.3, -0.25) is 0 Å². The van der Waals surface area contributed by atoms with Gasteiger partial charge in [0.2, 0.25) is 0 Å². The standard InChI is InChI=1S/C17H18O/c1-17(14-8-10-15(18)11-9-14)12-4-6-13-5-2-3-7-16(13)17/h2-3,5,7-11,18H,4,6,12H2,1H3. The van der Waals surface area contributed by atoms with Crippen molar-refractivity contribution in [2.75, 3.05) is 0 Å². The lowest BCUT2D eigenvalue weighted by atomic mass is 9.67. The number of aryl methyl sites for hydroxylation is 1. The third kappa shape index (κ3) is 1.71. The molecular weight excluding hydrogens is 220 g/mol. The van der Waals surface area contributed by atoms with Crippen molar-refractivity contribution < 1.29 is 5.11 Å². The smallest absolute Gasteiger partial charge is 0.115 e. The monoisotopic (exact) mass is 238 g/mol. The Hall–Kier alpha value is -1.76. The Balaban J connectivity index is 2.13. The number of phenols is 1. The van der Waals surface area contributed by atoms with Gasteiger partial charge in [0.05, 0.1) is 0 Å². The summed E-state index contributed by atoms with van der Waals surface area (Å²) in [5.41, 5.74) is 4.30. The summed E-state index contributed by atoms with van der Waals surface area (Å²) in [6.07, 6.45) is 3.59. The molecule has 1 unspecified atom stereocenters. The first-order chi connectivity index (χ1) is 8.70. The van der Waals surface area contributed by atoms with Gasteiger partial charge in [-0.15, -0.1) is 0 Å². The van der Waals surface area contributed by atoms with Crippen molar-refractivity contribution in [1.29, 1.82) is 0 Å². The Labute approximate surface area is 108 Å². The molecule has 0 bridgehead atoms. The number of hydrogen-bond donors (Lipinski definition) is 1. The minimum absolute atomic E-state index is 0.0859. The van der Waals surface area contributed by atoms with Crippen LogP contribution in [-0.4, -0.2) is 5.11 Å². The molecule has 1 atom stereocenters. The minimum Gasteiger partial charge on any atom is -0.508 e. The molecule has 0 radical (unpaired) electrons. The highest BCUT2D eigenvalue weighted by molar-refractivity contribution is 5.45. The Morgan fingerprint density at radius 1 is 1.00 bits per heavy atom. The number of rotatable bonds is 1. The van der Waals surface area contributed by atoms with Crippen LogP contribution in [0.4, 0.5) is 0 Å². The Morgan fingerprint density at radius 3 is 2.50 bits per heavy atom. The van der Waals surface area contributed by atoms with Crippen LogP contribution < -0.4 is 0 Å². The van der Waals surface area contributed by atoms with Crippen LogP contribution in [0.5, 0.6) is 5.75 Å². The molecule has 92 valence electrons. The van der Waals surface area contributed by atoms with Crippen molar-refractivity contribution in [3.05, 3.63) is 65.2 Å². The van der Waals surface area contributed by atoms with E-state index in [9.17, 15) is 5.11 Å². The van der Waals surface area contributed by atoms with Crippen LogP contribution in [0.3, 0.4) is 0 Å². The fourth-order valence-electron chi connectivity index (χ4n) is 3.17. The van der Waals surface area contributed by atoms with Crippen molar-refractivity contribution in [3.63, 3.8) is 0 Å². The van der Waals surface area contributed by atoms with Gasteiger partial charge in [-0.05, 0) is 48.1 Å². The molecule has 2 aromatic rings. The normalized spacial score (nSPS) is 22.5. The van der Waals surface area contributed by atoms with Gasteiger partial charge < -0.3 is 5.11 Å². The highest BCUT2D eigenvalue weighted by atomic mass is 16.3. The highest BCUT2D eigenvalue weighted by Gasteiger charge is 2.33. The lowest BCUT2D eigenvalue weighted by Gasteiger charge is -2.36. The molecule has 3 rings (SSSR count). The lowest BCUT2D eigenvalue weighted by Crippen LogP contribution is -2.28. The maximum atomic E-state index is 9.43. The molecule has 0 saturated heterocycles. The van der Waals surface area contributed by atoms with Crippen LogP contribution in [0.25, 0.3) is 0 Å². The first-order valence-electron chi connectivity index (χ1n) is 6.58. The topological polar surface area (TPSA) is 20.2 Å². The summed E-state index contributed by atoms with van der Waals surface area (Å²) in [7, 11) is 0.